The van der Waals surface area contributed by atoms with Crippen molar-refractivity contribution in [1.82, 2.24) is 0 Å². The van der Waals surface area contributed by atoms with E-state index in [0.29, 0.717) is 12.8 Å². The van der Waals surface area contributed by atoms with Crippen LogP contribution in [0.4, 0.5) is 0 Å². The van der Waals surface area contributed by atoms with Gasteiger partial charge in [0.2, 0.25) is 0 Å². The monoisotopic (exact) mass is 1070 g/mol. The van der Waals surface area contributed by atoms with Gasteiger partial charge in [-0.1, -0.05) is 312 Å². The van der Waals surface area contributed by atoms with Gasteiger partial charge in [-0.25, -0.2) is 0 Å². The topological polar surface area (TPSA) is 78.9 Å². The van der Waals surface area contributed by atoms with Gasteiger partial charge in [0.1, 0.15) is 13.2 Å². The zero-order valence-electron chi connectivity index (χ0n) is 51.2. The molecule has 1 atom stereocenters. The second-order valence-electron chi connectivity index (χ2n) is 22.3. The van der Waals surface area contributed by atoms with Crippen LogP contribution in [0.25, 0.3) is 0 Å². The Labute approximate surface area is 478 Å². The van der Waals surface area contributed by atoms with E-state index in [-0.39, 0.29) is 37.5 Å². The van der Waals surface area contributed by atoms with E-state index in [9.17, 15) is 14.4 Å². The van der Waals surface area contributed by atoms with Crippen LogP contribution in [-0.2, 0) is 28.6 Å². The molecule has 0 aromatic carbocycles. The number of carbonyl (C=O) groups excluding carboxylic acids is 3. The fraction of sp³-hybridized carbons (Fsp3) is 0.789. The fourth-order valence-electron chi connectivity index (χ4n) is 9.77. The van der Waals surface area contributed by atoms with Gasteiger partial charge >= 0.3 is 17.9 Å². The third-order valence-electron chi connectivity index (χ3n) is 14.7. The lowest BCUT2D eigenvalue weighted by molar-refractivity contribution is -0.167. The number of hydrogen-bond acceptors (Lipinski definition) is 6. The van der Waals surface area contributed by atoms with Crippen molar-refractivity contribution in [3.8, 4) is 0 Å². The van der Waals surface area contributed by atoms with Crippen molar-refractivity contribution in [3.63, 3.8) is 0 Å². The molecular weight excluding hydrogens is 949 g/mol. The van der Waals surface area contributed by atoms with Crippen LogP contribution < -0.4 is 0 Å². The highest BCUT2D eigenvalue weighted by Crippen LogP contribution is 2.18. The molecule has 0 fully saturated rings. The quantitative estimate of drug-likeness (QED) is 0.0261. The average Bonchev–Trinajstić information content (AvgIpc) is 3.43. The lowest BCUT2D eigenvalue weighted by Crippen LogP contribution is -2.30. The van der Waals surface area contributed by atoms with Crippen molar-refractivity contribution in [2.24, 2.45) is 0 Å². The van der Waals surface area contributed by atoms with Gasteiger partial charge in [0.05, 0.1) is 0 Å². The van der Waals surface area contributed by atoms with Gasteiger partial charge in [0.25, 0.3) is 0 Å². The van der Waals surface area contributed by atoms with Crippen LogP contribution in [0.3, 0.4) is 0 Å². The van der Waals surface area contributed by atoms with Crippen LogP contribution in [0.1, 0.15) is 342 Å². The molecule has 0 saturated carbocycles. The molecule has 0 aliphatic carbocycles. The summed E-state index contributed by atoms with van der Waals surface area (Å²) >= 11 is 0. The molecule has 1 unspecified atom stereocenters. The van der Waals surface area contributed by atoms with Gasteiger partial charge in [-0.3, -0.25) is 14.4 Å². The van der Waals surface area contributed by atoms with E-state index >= 15 is 0 Å². The lowest BCUT2D eigenvalue weighted by atomic mass is 10.0. The van der Waals surface area contributed by atoms with Gasteiger partial charge in [0, 0.05) is 19.3 Å². The van der Waals surface area contributed by atoms with Gasteiger partial charge < -0.3 is 14.2 Å². The van der Waals surface area contributed by atoms with Crippen molar-refractivity contribution in [1.29, 1.82) is 0 Å². The highest BCUT2D eigenvalue weighted by molar-refractivity contribution is 5.71. The summed E-state index contributed by atoms with van der Waals surface area (Å²) in [7, 11) is 0. The van der Waals surface area contributed by atoms with E-state index in [1.165, 1.54) is 193 Å². The molecule has 77 heavy (non-hydrogen) atoms. The molecule has 0 rings (SSSR count). The number of hydrogen-bond donors (Lipinski definition) is 0. The third kappa shape index (κ3) is 63.6. The normalized spacial score (nSPS) is 12.5. The first-order valence-corrected chi connectivity index (χ1v) is 33.4. The Morgan fingerprint density at radius 1 is 0.273 bits per heavy atom. The van der Waals surface area contributed by atoms with E-state index in [1.807, 2.05) is 0 Å². The number of ether oxygens (including phenoxy) is 3. The number of carbonyl (C=O) groups is 3. The van der Waals surface area contributed by atoms with Crippen molar-refractivity contribution < 1.29 is 28.6 Å². The first-order chi connectivity index (χ1) is 38.0. The minimum atomic E-state index is -0.802. The zero-order valence-corrected chi connectivity index (χ0v) is 51.2. The Kier molecular flexibility index (Phi) is 62.7. The average molecular weight is 1080 g/mol. The molecule has 0 bridgehead atoms. The molecule has 0 N–H and O–H groups in total. The molecule has 446 valence electrons. The maximum Gasteiger partial charge on any atom is 0.306 e. The van der Waals surface area contributed by atoms with Gasteiger partial charge in [0.15, 0.2) is 6.10 Å². The molecule has 0 aromatic rings. The minimum absolute atomic E-state index is 0.0946. The molecule has 6 heteroatoms. The van der Waals surface area contributed by atoms with E-state index < -0.39 is 6.10 Å². The summed E-state index contributed by atoms with van der Waals surface area (Å²) in [5.41, 5.74) is 0. The Hall–Kier alpha value is -3.15. The van der Waals surface area contributed by atoms with Crippen LogP contribution in [0.15, 0.2) is 72.9 Å². The molecule has 0 radical (unpaired) electrons. The van der Waals surface area contributed by atoms with Crippen molar-refractivity contribution in [2.75, 3.05) is 13.2 Å². The summed E-state index contributed by atoms with van der Waals surface area (Å²) < 4.78 is 16.8. The van der Waals surface area contributed by atoms with E-state index in [4.69, 9.17) is 14.2 Å². The SMILES string of the molecule is CC/C=C\C/C=C\C/C=C\CCCCCC(=O)OCC(COC(=O)CCCCCCCCCCCCCCCCCCCCCCCCCCCCCCCCCCC)OC(=O)CCCCC/C=C\C/C=C\C/C=C\CC. The summed E-state index contributed by atoms with van der Waals surface area (Å²) in [6.45, 7) is 6.40. The fourth-order valence-corrected chi connectivity index (χ4v) is 9.77. The predicted molar refractivity (Wildman–Crippen MR) is 335 cm³/mol. The molecule has 0 aliphatic heterocycles. The molecule has 0 aliphatic rings. The zero-order chi connectivity index (χ0) is 55.7. The smallest absolute Gasteiger partial charge is 0.306 e. The molecule has 0 spiro atoms. The van der Waals surface area contributed by atoms with Crippen molar-refractivity contribution in [2.45, 2.75) is 348 Å². The lowest BCUT2D eigenvalue weighted by Gasteiger charge is -2.18. The number of allylic oxidation sites excluding steroid dienone is 12. The van der Waals surface area contributed by atoms with Crippen molar-refractivity contribution >= 4 is 17.9 Å². The Morgan fingerprint density at radius 3 is 0.792 bits per heavy atom. The first kappa shape index (κ1) is 73.8. The molecule has 0 saturated heterocycles. The maximum absolute atomic E-state index is 12.8. The van der Waals surface area contributed by atoms with Crippen LogP contribution in [-0.4, -0.2) is 37.2 Å². The van der Waals surface area contributed by atoms with Crippen LogP contribution in [0, 0.1) is 0 Å². The van der Waals surface area contributed by atoms with Gasteiger partial charge in [-0.05, 0) is 83.5 Å². The molecule has 0 heterocycles. The summed E-state index contributed by atoms with van der Waals surface area (Å²) in [5.74, 6) is -0.944. The highest BCUT2D eigenvalue weighted by Gasteiger charge is 2.19. The Balaban J connectivity index is 4.08. The molecule has 0 amide bonds. The van der Waals surface area contributed by atoms with Crippen molar-refractivity contribution in [3.05, 3.63) is 72.9 Å². The second kappa shape index (κ2) is 65.4. The standard InChI is InChI=1S/C71H126O6/c1-4-7-10-13-16-19-22-25-26-27-28-29-30-31-32-33-34-35-36-37-38-39-40-41-42-43-44-47-49-52-55-58-61-64-70(73)76-67-68(77-71(74)65-62-59-56-53-50-46-24-21-18-15-12-9-6-3)66-75-69(72)63-60-57-54-51-48-45-23-20-17-14-11-8-5-2/h8-9,11-12,17-18,20-21,45-46,48,50,68H,4-7,10,13-16,19,22-44,47,49,51-67H2,1-3H3/b11-8-,12-9-,20-17-,21-18-,48-45-,50-46-. The summed E-state index contributed by atoms with van der Waals surface area (Å²) in [4.78, 5) is 38.2. The largest absolute Gasteiger partial charge is 0.462 e. The molecule has 6 nitrogen and oxygen atoms in total. The second-order valence-corrected chi connectivity index (χ2v) is 22.3. The first-order valence-electron chi connectivity index (χ1n) is 33.4. The van der Waals surface area contributed by atoms with E-state index in [1.54, 1.807) is 0 Å². The van der Waals surface area contributed by atoms with Crippen LogP contribution >= 0.6 is 0 Å². The summed E-state index contributed by atoms with van der Waals surface area (Å²) in [6.07, 6.45) is 85.4. The molecule has 0 aromatic heterocycles. The number of esters is 3. The van der Waals surface area contributed by atoms with Gasteiger partial charge in [-0.15, -0.1) is 0 Å². The van der Waals surface area contributed by atoms with Crippen LogP contribution in [0.5, 0.6) is 0 Å². The summed E-state index contributed by atoms with van der Waals surface area (Å²) in [5, 5.41) is 0. The Morgan fingerprint density at radius 2 is 0.506 bits per heavy atom. The van der Waals surface area contributed by atoms with Gasteiger partial charge in [-0.2, -0.15) is 0 Å². The van der Waals surface area contributed by atoms with Crippen LogP contribution in [0.2, 0.25) is 0 Å². The number of unbranched alkanes of at least 4 members (excludes halogenated alkanes) is 38. The highest BCUT2D eigenvalue weighted by atomic mass is 16.6. The third-order valence-corrected chi connectivity index (χ3v) is 14.7. The predicted octanol–water partition coefficient (Wildman–Crippen LogP) is 22.9. The summed E-state index contributed by atoms with van der Waals surface area (Å²) in [6, 6.07) is 0. The molecular formula is C71H126O6. The van der Waals surface area contributed by atoms with E-state index in [0.717, 1.165) is 109 Å². The number of rotatable bonds is 61. The Bertz CT molecular complexity index is 1420. The minimum Gasteiger partial charge on any atom is -0.462 e. The maximum atomic E-state index is 12.8. The van der Waals surface area contributed by atoms with E-state index in [2.05, 4.69) is 93.7 Å².